The predicted molar refractivity (Wildman–Crippen MR) is 114 cm³/mol. The molecule has 2 aromatic rings. The molecule has 1 aliphatic heterocycles. The van der Waals surface area contributed by atoms with E-state index in [1.807, 2.05) is 0 Å². The molecule has 2 fully saturated rings. The van der Waals surface area contributed by atoms with Crippen molar-refractivity contribution in [3.05, 3.63) is 17.3 Å². The van der Waals surface area contributed by atoms with Crippen molar-refractivity contribution in [1.29, 1.82) is 0 Å². The summed E-state index contributed by atoms with van der Waals surface area (Å²) >= 11 is 1.72. The topological polar surface area (TPSA) is 68.3 Å². The van der Waals surface area contributed by atoms with Crippen LogP contribution in [0, 0.1) is 0 Å². The van der Waals surface area contributed by atoms with Gasteiger partial charge in [-0.2, -0.15) is 0 Å². The third kappa shape index (κ3) is 6.14. The monoisotopic (exact) mass is 434 g/mol. The first-order chi connectivity index (χ1) is 12.4. The number of halogens is 2. The van der Waals surface area contributed by atoms with Crippen LogP contribution >= 0.6 is 36.2 Å². The smallest absolute Gasteiger partial charge is 0.170 e. The van der Waals surface area contributed by atoms with Crippen LogP contribution in [0.5, 0.6) is 0 Å². The molecular weight excluding hydrogens is 407 g/mol. The number of aromatic nitrogens is 2. The summed E-state index contributed by atoms with van der Waals surface area (Å²) in [6.07, 6.45) is 9.40. The highest BCUT2D eigenvalue weighted by Gasteiger charge is 2.17. The molecule has 0 unspecified atom stereocenters. The number of rotatable bonds is 6. The van der Waals surface area contributed by atoms with Gasteiger partial charge in [-0.15, -0.1) is 36.2 Å². The molecule has 0 aromatic carbocycles. The fraction of sp³-hybridized carbons (Fsp3) is 0.667. The van der Waals surface area contributed by atoms with E-state index in [2.05, 4.69) is 26.7 Å². The molecule has 2 aliphatic rings. The van der Waals surface area contributed by atoms with Gasteiger partial charge in [-0.25, -0.2) is 9.97 Å². The van der Waals surface area contributed by atoms with Crippen LogP contribution < -0.4 is 10.6 Å². The standard InChI is InChI=1S/C18H26N4O2S.2ClH/c1-2-4-6-13(5-3-1)22-17-15-9-14(25-18(15)21-12-20-17)10-19-11-16-23-7-8-24-16;;/h9,12-13,16,19H,1-8,10-11H2,(H,20,21,22);2*1H. The van der Waals surface area contributed by atoms with E-state index in [0.717, 1.165) is 22.6 Å². The van der Waals surface area contributed by atoms with E-state index in [-0.39, 0.29) is 31.1 Å². The molecule has 0 amide bonds. The Hall–Kier alpha value is -0.700. The highest BCUT2D eigenvalue weighted by atomic mass is 35.5. The van der Waals surface area contributed by atoms with Gasteiger partial charge in [-0.3, -0.25) is 0 Å². The minimum atomic E-state index is -0.110. The lowest BCUT2D eigenvalue weighted by molar-refractivity contribution is -0.0391. The van der Waals surface area contributed by atoms with Crippen molar-refractivity contribution in [1.82, 2.24) is 15.3 Å². The van der Waals surface area contributed by atoms with Crippen LogP contribution in [-0.2, 0) is 16.0 Å². The highest BCUT2D eigenvalue weighted by Crippen LogP contribution is 2.30. The van der Waals surface area contributed by atoms with Gasteiger partial charge in [0, 0.05) is 24.0 Å². The second-order valence-electron chi connectivity index (χ2n) is 6.79. The van der Waals surface area contributed by atoms with Crippen molar-refractivity contribution in [2.75, 3.05) is 25.1 Å². The lowest BCUT2D eigenvalue weighted by Gasteiger charge is -2.17. The number of hydrogen-bond acceptors (Lipinski definition) is 7. The molecule has 0 radical (unpaired) electrons. The Bertz CT molecular complexity index is 689. The highest BCUT2D eigenvalue weighted by molar-refractivity contribution is 7.18. The predicted octanol–water partition coefficient (Wildman–Crippen LogP) is 4.13. The van der Waals surface area contributed by atoms with Crippen LogP contribution in [0.1, 0.15) is 43.4 Å². The zero-order chi connectivity index (χ0) is 16.9. The van der Waals surface area contributed by atoms with Gasteiger partial charge in [-0.05, 0) is 18.9 Å². The minimum Gasteiger partial charge on any atom is -0.367 e. The van der Waals surface area contributed by atoms with Crippen LogP contribution in [0.2, 0.25) is 0 Å². The van der Waals surface area contributed by atoms with Gasteiger partial charge in [0.15, 0.2) is 6.29 Å². The number of nitrogens with one attached hydrogen (secondary N) is 2. The fourth-order valence-corrected chi connectivity index (χ4v) is 4.53. The molecule has 152 valence electrons. The Morgan fingerprint density at radius 3 is 2.52 bits per heavy atom. The molecule has 27 heavy (non-hydrogen) atoms. The van der Waals surface area contributed by atoms with E-state index in [9.17, 15) is 0 Å². The first-order valence-electron chi connectivity index (χ1n) is 9.32. The second kappa shape index (κ2) is 11.3. The van der Waals surface area contributed by atoms with E-state index in [4.69, 9.17) is 9.47 Å². The van der Waals surface area contributed by atoms with Gasteiger partial charge >= 0.3 is 0 Å². The molecule has 6 nitrogen and oxygen atoms in total. The zero-order valence-corrected chi connectivity index (χ0v) is 17.8. The molecule has 1 saturated heterocycles. The van der Waals surface area contributed by atoms with Crippen molar-refractivity contribution in [3.8, 4) is 0 Å². The number of thiophene rings is 1. The largest absolute Gasteiger partial charge is 0.367 e. The van der Waals surface area contributed by atoms with E-state index < -0.39 is 0 Å². The second-order valence-corrected chi connectivity index (χ2v) is 7.90. The van der Waals surface area contributed by atoms with Crippen molar-refractivity contribution in [3.63, 3.8) is 0 Å². The summed E-state index contributed by atoms with van der Waals surface area (Å²) < 4.78 is 10.9. The third-order valence-electron chi connectivity index (χ3n) is 4.88. The number of ether oxygens (including phenoxy) is 2. The Balaban J connectivity index is 0.00000131. The Labute approximate surface area is 176 Å². The number of anilines is 1. The normalized spacial score (nSPS) is 18.7. The van der Waals surface area contributed by atoms with Crippen molar-refractivity contribution < 1.29 is 9.47 Å². The molecule has 3 heterocycles. The summed E-state index contributed by atoms with van der Waals surface area (Å²) in [4.78, 5) is 11.3. The average Bonchev–Trinajstić information content (AvgIpc) is 3.21. The van der Waals surface area contributed by atoms with Crippen molar-refractivity contribution in [2.45, 2.75) is 57.4 Å². The molecule has 4 rings (SSSR count). The molecule has 9 heteroatoms. The molecular formula is C18H28Cl2N4O2S. The summed E-state index contributed by atoms with van der Waals surface area (Å²) in [6, 6.07) is 2.75. The lowest BCUT2D eigenvalue weighted by atomic mass is 10.1. The van der Waals surface area contributed by atoms with Crippen molar-refractivity contribution in [2.24, 2.45) is 0 Å². The maximum absolute atomic E-state index is 5.45. The summed E-state index contributed by atoms with van der Waals surface area (Å²) in [5, 5.41) is 8.22. The number of fused-ring (bicyclic) bond motifs is 1. The molecule has 0 bridgehead atoms. The summed E-state index contributed by atoms with van der Waals surface area (Å²) in [5.74, 6) is 0.988. The van der Waals surface area contributed by atoms with Crippen LogP contribution in [0.25, 0.3) is 10.2 Å². The maximum atomic E-state index is 5.45. The Morgan fingerprint density at radius 1 is 1.04 bits per heavy atom. The van der Waals surface area contributed by atoms with Crippen LogP contribution in [0.4, 0.5) is 5.82 Å². The van der Waals surface area contributed by atoms with Crippen LogP contribution in [-0.4, -0.2) is 42.1 Å². The Morgan fingerprint density at radius 2 is 1.78 bits per heavy atom. The summed E-state index contributed by atoms with van der Waals surface area (Å²) in [5.41, 5.74) is 0. The summed E-state index contributed by atoms with van der Waals surface area (Å²) in [6.45, 7) is 2.91. The fourth-order valence-electron chi connectivity index (χ4n) is 3.56. The zero-order valence-electron chi connectivity index (χ0n) is 15.3. The van der Waals surface area contributed by atoms with Gasteiger partial charge < -0.3 is 20.1 Å². The van der Waals surface area contributed by atoms with Gasteiger partial charge in [0.2, 0.25) is 0 Å². The van der Waals surface area contributed by atoms with Crippen LogP contribution in [0.3, 0.4) is 0 Å². The van der Waals surface area contributed by atoms with E-state index >= 15 is 0 Å². The molecule has 2 aromatic heterocycles. The number of hydrogen-bond donors (Lipinski definition) is 2. The molecule has 1 saturated carbocycles. The molecule has 2 N–H and O–H groups in total. The minimum absolute atomic E-state index is 0. The SMILES string of the molecule is Cl.Cl.c1nc(NC2CCCCCC2)c2cc(CNCC3OCCO3)sc2n1. The van der Waals surface area contributed by atoms with E-state index in [1.54, 1.807) is 17.7 Å². The average molecular weight is 435 g/mol. The first kappa shape index (κ1) is 22.6. The van der Waals surface area contributed by atoms with Crippen molar-refractivity contribution >= 4 is 52.2 Å². The van der Waals surface area contributed by atoms with Gasteiger partial charge in [0.1, 0.15) is 17.0 Å². The van der Waals surface area contributed by atoms with Gasteiger partial charge in [0.05, 0.1) is 18.6 Å². The third-order valence-corrected chi connectivity index (χ3v) is 5.92. The molecule has 0 spiro atoms. The van der Waals surface area contributed by atoms with E-state index in [0.29, 0.717) is 25.8 Å². The molecule has 0 atom stereocenters. The van der Waals surface area contributed by atoms with Gasteiger partial charge in [-0.1, -0.05) is 25.7 Å². The van der Waals surface area contributed by atoms with Gasteiger partial charge in [0.25, 0.3) is 0 Å². The Kier molecular flexibility index (Phi) is 9.48. The van der Waals surface area contributed by atoms with Crippen LogP contribution in [0.15, 0.2) is 12.4 Å². The maximum Gasteiger partial charge on any atom is 0.170 e. The molecule has 1 aliphatic carbocycles. The van der Waals surface area contributed by atoms with E-state index in [1.165, 1.54) is 43.4 Å². The summed E-state index contributed by atoms with van der Waals surface area (Å²) in [7, 11) is 0. The lowest BCUT2D eigenvalue weighted by Crippen LogP contribution is -2.26. The number of nitrogens with zero attached hydrogens (tertiary/aromatic N) is 2. The quantitative estimate of drug-likeness (QED) is 0.665. The first-order valence-corrected chi connectivity index (χ1v) is 10.1.